The van der Waals surface area contributed by atoms with E-state index in [1.165, 1.54) is 5.56 Å². The van der Waals surface area contributed by atoms with Gasteiger partial charge in [0.15, 0.2) is 11.5 Å². The average molecular weight is 299 g/mol. The summed E-state index contributed by atoms with van der Waals surface area (Å²) in [5.74, 6) is 2.61. The Morgan fingerprint density at radius 2 is 2.05 bits per heavy atom. The number of carbonyl (C=O) groups excluding carboxylic acids is 1. The second-order valence-corrected chi connectivity index (χ2v) is 6.36. The highest BCUT2D eigenvalue weighted by atomic mass is 16.7. The summed E-state index contributed by atoms with van der Waals surface area (Å²) in [6, 6.07) is 6.16. The Labute approximate surface area is 130 Å². The number of carbonyl (C=O) groups is 1. The molecule has 0 bridgehead atoms. The molecule has 0 radical (unpaired) electrons. The van der Waals surface area contributed by atoms with Gasteiger partial charge in [-0.05, 0) is 43.4 Å². The monoisotopic (exact) mass is 299 g/mol. The van der Waals surface area contributed by atoms with E-state index >= 15 is 0 Å². The van der Waals surface area contributed by atoms with Crippen molar-refractivity contribution in [3.05, 3.63) is 35.9 Å². The number of fused-ring (bicyclic) bond motifs is 1. The quantitative estimate of drug-likeness (QED) is 0.788. The fourth-order valence-electron chi connectivity index (χ4n) is 3.68. The van der Waals surface area contributed by atoms with Crippen LogP contribution in [0.2, 0.25) is 0 Å². The summed E-state index contributed by atoms with van der Waals surface area (Å²) >= 11 is 0. The van der Waals surface area contributed by atoms with Crippen molar-refractivity contribution in [2.75, 3.05) is 19.9 Å². The largest absolute Gasteiger partial charge is 0.454 e. The lowest BCUT2D eigenvalue weighted by molar-refractivity contribution is -0.134. The van der Waals surface area contributed by atoms with Crippen molar-refractivity contribution in [3.63, 3.8) is 0 Å². The minimum absolute atomic E-state index is 0.195. The van der Waals surface area contributed by atoms with E-state index in [1.807, 2.05) is 6.07 Å². The van der Waals surface area contributed by atoms with E-state index in [1.54, 1.807) is 0 Å². The molecule has 3 aliphatic rings. The maximum absolute atomic E-state index is 12.6. The average Bonchev–Trinajstić information content (AvgIpc) is 3.23. The number of benzene rings is 1. The number of nitrogens with zero attached hydrogens (tertiary/aromatic N) is 1. The molecule has 4 nitrogen and oxygen atoms in total. The summed E-state index contributed by atoms with van der Waals surface area (Å²) in [5.41, 5.74) is 1.25. The Hall–Kier alpha value is -1.97. The van der Waals surface area contributed by atoms with Crippen LogP contribution in [0.15, 0.2) is 30.4 Å². The molecule has 4 rings (SSSR count). The van der Waals surface area contributed by atoms with Gasteiger partial charge in [-0.1, -0.05) is 18.2 Å². The van der Waals surface area contributed by atoms with Crippen molar-refractivity contribution in [2.45, 2.75) is 31.6 Å². The van der Waals surface area contributed by atoms with E-state index in [-0.39, 0.29) is 5.92 Å². The van der Waals surface area contributed by atoms with Crippen LogP contribution in [0.3, 0.4) is 0 Å². The molecule has 2 heterocycles. The number of hydrogen-bond donors (Lipinski definition) is 0. The number of amides is 1. The van der Waals surface area contributed by atoms with E-state index in [4.69, 9.17) is 9.47 Å². The summed E-state index contributed by atoms with van der Waals surface area (Å²) in [7, 11) is 0. The number of ether oxygens (including phenoxy) is 2. The van der Waals surface area contributed by atoms with Crippen LogP contribution in [0.5, 0.6) is 11.5 Å². The normalized spacial score (nSPS) is 26.5. The maximum Gasteiger partial charge on any atom is 0.231 e. The van der Waals surface area contributed by atoms with Gasteiger partial charge in [0.25, 0.3) is 0 Å². The topological polar surface area (TPSA) is 38.8 Å². The highest BCUT2D eigenvalue weighted by molar-refractivity contribution is 5.79. The second kappa shape index (κ2) is 5.67. The highest BCUT2D eigenvalue weighted by Gasteiger charge is 2.32. The van der Waals surface area contributed by atoms with Gasteiger partial charge in [-0.15, -0.1) is 0 Å². The van der Waals surface area contributed by atoms with E-state index in [0.29, 0.717) is 18.6 Å². The summed E-state index contributed by atoms with van der Waals surface area (Å²) in [6.45, 7) is 2.01. The molecule has 1 amide bonds. The van der Waals surface area contributed by atoms with Gasteiger partial charge in [-0.2, -0.15) is 0 Å². The Morgan fingerprint density at radius 1 is 1.14 bits per heavy atom. The highest BCUT2D eigenvalue weighted by Crippen LogP contribution is 2.37. The van der Waals surface area contributed by atoms with Crippen LogP contribution >= 0.6 is 0 Å². The number of allylic oxidation sites excluding steroid dienone is 2. The van der Waals surface area contributed by atoms with Gasteiger partial charge in [0.2, 0.25) is 12.7 Å². The van der Waals surface area contributed by atoms with Gasteiger partial charge in [0.1, 0.15) is 0 Å². The van der Waals surface area contributed by atoms with Crippen molar-refractivity contribution in [2.24, 2.45) is 5.92 Å². The first-order valence-corrected chi connectivity index (χ1v) is 8.14. The van der Waals surface area contributed by atoms with Gasteiger partial charge in [0.05, 0.1) is 0 Å². The first-order valence-electron chi connectivity index (χ1n) is 8.14. The third-order valence-electron chi connectivity index (χ3n) is 4.99. The molecule has 2 atom stereocenters. The molecule has 0 unspecified atom stereocenters. The molecule has 0 saturated carbocycles. The van der Waals surface area contributed by atoms with Crippen LogP contribution in [0, 0.1) is 5.92 Å². The minimum atomic E-state index is 0.195. The van der Waals surface area contributed by atoms with Crippen molar-refractivity contribution in [1.82, 2.24) is 4.90 Å². The van der Waals surface area contributed by atoms with Crippen molar-refractivity contribution in [1.29, 1.82) is 0 Å². The summed E-state index contributed by atoms with van der Waals surface area (Å²) < 4.78 is 10.8. The zero-order valence-electron chi connectivity index (χ0n) is 12.7. The van der Waals surface area contributed by atoms with Crippen LogP contribution in [0.4, 0.5) is 0 Å². The Morgan fingerprint density at radius 3 is 2.91 bits per heavy atom. The molecule has 2 aliphatic heterocycles. The molecule has 0 aromatic heterocycles. The molecule has 4 heteroatoms. The van der Waals surface area contributed by atoms with Gasteiger partial charge >= 0.3 is 0 Å². The number of likely N-dealkylation sites (tertiary alicyclic amines) is 1. The molecule has 1 aromatic carbocycles. The minimum Gasteiger partial charge on any atom is -0.454 e. The maximum atomic E-state index is 12.6. The fraction of sp³-hybridized carbons (Fsp3) is 0.500. The third kappa shape index (κ3) is 2.47. The second-order valence-electron chi connectivity index (χ2n) is 6.36. The molecule has 0 N–H and O–H groups in total. The lowest BCUT2D eigenvalue weighted by Gasteiger charge is -2.24. The molecule has 1 aliphatic carbocycles. The van der Waals surface area contributed by atoms with E-state index in [9.17, 15) is 4.79 Å². The van der Waals surface area contributed by atoms with Gasteiger partial charge in [0, 0.05) is 24.9 Å². The lowest BCUT2D eigenvalue weighted by atomic mass is 9.93. The molecular weight excluding hydrogens is 278 g/mol. The molecule has 1 saturated heterocycles. The zero-order valence-corrected chi connectivity index (χ0v) is 12.7. The van der Waals surface area contributed by atoms with Gasteiger partial charge in [-0.25, -0.2) is 0 Å². The van der Waals surface area contributed by atoms with E-state index < -0.39 is 0 Å². The number of rotatable bonds is 2. The summed E-state index contributed by atoms with van der Waals surface area (Å²) in [5, 5.41) is 0. The Bertz CT molecular complexity index is 610. The standard InChI is InChI=1S/C18H21NO3/c20-18(13-4-2-1-3-5-13)19-9-8-15(11-19)14-6-7-16-17(10-14)22-12-21-16/h1-2,6-7,10,13,15H,3-5,8-9,11-12H2/t13-,15-/m0/s1. The van der Waals surface area contributed by atoms with Crippen LogP contribution in [0.25, 0.3) is 0 Å². The van der Waals surface area contributed by atoms with Gasteiger partial charge in [-0.3, -0.25) is 4.79 Å². The summed E-state index contributed by atoms with van der Waals surface area (Å²) in [6.07, 6.45) is 8.31. The van der Waals surface area contributed by atoms with Crippen molar-refractivity contribution >= 4 is 5.91 Å². The Balaban J connectivity index is 1.43. The third-order valence-corrected chi connectivity index (χ3v) is 4.99. The predicted molar refractivity (Wildman–Crippen MR) is 83.0 cm³/mol. The summed E-state index contributed by atoms with van der Waals surface area (Å²) in [4.78, 5) is 14.7. The Kier molecular flexibility index (Phi) is 3.53. The van der Waals surface area contributed by atoms with Crippen molar-refractivity contribution in [3.8, 4) is 11.5 Å². The van der Waals surface area contributed by atoms with Gasteiger partial charge < -0.3 is 14.4 Å². The SMILES string of the molecule is O=C([C@H]1CC=CCC1)N1CC[C@H](c2ccc3c(c2)OCO3)C1. The van der Waals surface area contributed by atoms with Crippen molar-refractivity contribution < 1.29 is 14.3 Å². The fourth-order valence-corrected chi connectivity index (χ4v) is 3.68. The van der Waals surface area contributed by atoms with Crippen LogP contribution in [-0.4, -0.2) is 30.7 Å². The van der Waals surface area contributed by atoms with Crippen LogP contribution in [0.1, 0.15) is 37.2 Å². The molecule has 0 spiro atoms. The molecular formula is C18H21NO3. The van der Waals surface area contributed by atoms with Crippen LogP contribution < -0.4 is 9.47 Å². The van der Waals surface area contributed by atoms with E-state index in [2.05, 4.69) is 29.2 Å². The first kappa shape index (κ1) is 13.7. The zero-order chi connectivity index (χ0) is 14.9. The number of hydrogen-bond acceptors (Lipinski definition) is 3. The predicted octanol–water partition coefficient (Wildman–Crippen LogP) is 3.09. The molecule has 1 fully saturated rings. The molecule has 1 aromatic rings. The van der Waals surface area contributed by atoms with Crippen LogP contribution in [-0.2, 0) is 4.79 Å². The molecule has 116 valence electrons. The first-order chi connectivity index (χ1) is 10.8. The smallest absolute Gasteiger partial charge is 0.231 e. The lowest BCUT2D eigenvalue weighted by Crippen LogP contribution is -2.34. The van der Waals surface area contributed by atoms with E-state index in [0.717, 1.165) is 50.3 Å². The molecule has 22 heavy (non-hydrogen) atoms.